The molecule has 1 unspecified atom stereocenters. The summed E-state index contributed by atoms with van der Waals surface area (Å²) >= 11 is 3.31. The number of nitrogens with two attached hydrogens (primary N) is 1. The van der Waals surface area contributed by atoms with Crippen molar-refractivity contribution in [3.8, 4) is 11.8 Å². The van der Waals surface area contributed by atoms with Gasteiger partial charge < -0.3 is 10.5 Å². The van der Waals surface area contributed by atoms with E-state index in [9.17, 15) is 0 Å². The van der Waals surface area contributed by atoms with E-state index in [4.69, 9.17) is 15.7 Å². The fourth-order valence-corrected chi connectivity index (χ4v) is 1.47. The van der Waals surface area contributed by atoms with Gasteiger partial charge in [-0.25, -0.2) is 0 Å². The van der Waals surface area contributed by atoms with Gasteiger partial charge in [0, 0.05) is 10.0 Å². The van der Waals surface area contributed by atoms with Gasteiger partial charge in [-0.2, -0.15) is 5.26 Å². The molecule has 2 N–H and O–H groups in total. The molecule has 16 heavy (non-hydrogen) atoms. The minimum atomic E-state index is -0.319. The van der Waals surface area contributed by atoms with Crippen LogP contribution in [0.15, 0.2) is 22.7 Å². The lowest BCUT2D eigenvalue weighted by molar-refractivity contribution is 0.226. The monoisotopic (exact) mass is 282 g/mol. The molecule has 86 valence electrons. The van der Waals surface area contributed by atoms with Crippen LogP contribution in [0.2, 0.25) is 0 Å². The van der Waals surface area contributed by atoms with Crippen LogP contribution in [0.3, 0.4) is 0 Å². The van der Waals surface area contributed by atoms with E-state index in [2.05, 4.69) is 22.0 Å². The summed E-state index contributed by atoms with van der Waals surface area (Å²) in [5.74, 6) is 0.719. The number of rotatable bonds is 4. The molecule has 0 amide bonds. The Balaban J connectivity index is 2.70. The molecule has 4 heteroatoms. The van der Waals surface area contributed by atoms with Gasteiger partial charge in [-0.15, -0.1) is 0 Å². The molecule has 0 aromatic heterocycles. The van der Waals surface area contributed by atoms with Crippen LogP contribution in [-0.2, 0) is 0 Å². The molecule has 1 rings (SSSR count). The smallest absolute Gasteiger partial charge is 0.120 e. The van der Waals surface area contributed by atoms with Crippen LogP contribution in [-0.4, -0.2) is 12.1 Å². The molecule has 3 nitrogen and oxygen atoms in total. The van der Waals surface area contributed by atoms with E-state index in [1.165, 1.54) is 0 Å². The molecular formula is C12H15BrN2O. The van der Waals surface area contributed by atoms with Crippen molar-refractivity contribution in [2.24, 2.45) is 5.73 Å². The second kappa shape index (κ2) is 5.33. The molecule has 1 aromatic carbocycles. The van der Waals surface area contributed by atoms with Crippen molar-refractivity contribution in [3.05, 3.63) is 28.2 Å². The first-order chi connectivity index (χ1) is 7.48. The predicted octanol–water partition coefficient (Wildman–Crippen LogP) is 2.83. The van der Waals surface area contributed by atoms with Gasteiger partial charge in [0.15, 0.2) is 0 Å². The molecule has 1 aromatic rings. The average Bonchev–Trinajstić information content (AvgIpc) is 2.27. The lowest BCUT2D eigenvalue weighted by Gasteiger charge is -2.22. The molecule has 0 aliphatic heterocycles. The molecule has 0 aliphatic rings. The minimum absolute atomic E-state index is 0.319. The molecule has 0 bridgehead atoms. The summed E-state index contributed by atoms with van der Waals surface area (Å²) in [7, 11) is 0. The average molecular weight is 283 g/mol. The Morgan fingerprint density at radius 1 is 1.56 bits per heavy atom. The Labute approximate surface area is 104 Å². The maximum atomic E-state index is 8.77. The molecule has 0 saturated carbocycles. The third-order valence-electron chi connectivity index (χ3n) is 2.44. The molecule has 0 fully saturated rings. The number of nitrogens with zero attached hydrogens (tertiary/aromatic N) is 1. The van der Waals surface area contributed by atoms with Crippen molar-refractivity contribution in [2.45, 2.75) is 25.8 Å². The lowest BCUT2D eigenvalue weighted by Crippen LogP contribution is -2.41. The van der Waals surface area contributed by atoms with Crippen LogP contribution >= 0.6 is 15.9 Å². The van der Waals surface area contributed by atoms with Crippen molar-refractivity contribution < 1.29 is 4.74 Å². The minimum Gasteiger partial charge on any atom is -0.492 e. The van der Waals surface area contributed by atoms with E-state index in [0.717, 1.165) is 16.6 Å². The van der Waals surface area contributed by atoms with E-state index in [-0.39, 0.29) is 5.54 Å². The van der Waals surface area contributed by atoms with Crippen LogP contribution in [0.25, 0.3) is 0 Å². The van der Waals surface area contributed by atoms with Gasteiger partial charge in [0.2, 0.25) is 0 Å². The zero-order valence-electron chi connectivity index (χ0n) is 9.46. The summed E-state index contributed by atoms with van der Waals surface area (Å²) < 4.78 is 6.32. The number of hydrogen-bond acceptors (Lipinski definition) is 3. The number of nitriles is 1. The third-order valence-corrected chi connectivity index (χ3v) is 3.09. The molecule has 0 radical (unpaired) electrons. The summed E-state index contributed by atoms with van der Waals surface area (Å²) in [4.78, 5) is 0. The van der Waals surface area contributed by atoms with Crippen molar-refractivity contribution >= 4 is 15.9 Å². The first-order valence-electron chi connectivity index (χ1n) is 5.10. The zero-order chi connectivity index (χ0) is 12.2. The standard InChI is InChI=1S/C12H15BrN2O/c1-3-12(2,15)8-16-10-5-4-9(7-14)11(13)6-10/h4-6H,3,8,15H2,1-2H3. The highest BCUT2D eigenvalue weighted by Crippen LogP contribution is 2.23. The van der Waals surface area contributed by atoms with Gasteiger partial charge in [0.05, 0.1) is 5.56 Å². The summed E-state index contributed by atoms with van der Waals surface area (Å²) in [5.41, 5.74) is 6.25. The van der Waals surface area contributed by atoms with Crippen LogP contribution in [0.1, 0.15) is 25.8 Å². The maximum Gasteiger partial charge on any atom is 0.120 e. The Bertz CT molecular complexity index is 410. The first kappa shape index (κ1) is 13.0. The van der Waals surface area contributed by atoms with Crippen molar-refractivity contribution in [2.75, 3.05) is 6.61 Å². The maximum absolute atomic E-state index is 8.77. The largest absolute Gasteiger partial charge is 0.492 e. The van der Waals surface area contributed by atoms with E-state index in [0.29, 0.717) is 12.2 Å². The van der Waals surface area contributed by atoms with Gasteiger partial charge >= 0.3 is 0 Å². The molecule has 1 atom stereocenters. The van der Waals surface area contributed by atoms with Gasteiger partial charge in [-0.05, 0) is 47.5 Å². The summed E-state index contributed by atoms with van der Waals surface area (Å²) in [6, 6.07) is 7.36. The Kier molecular flexibility index (Phi) is 4.34. The van der Waals surface area contributed by atoms with Crippen molar-refractivity contribution in [1.82, 2.24) is 0 Å². The van der Waals surface area contributed by atoms with E-state index >= 15 is 0 Å². The van der Waals surface area contributed by atoms with E-state index in [1.54, 1.807) is 18.2 Å². The Hall–Kier alpha value is -1.05. The van der Waals surface area contributed by atoms with E-state index < -0.39 is 0 Å². The fraction of sp³-hybridized carbons (Fsp3) is 0.417. The van der Waals surface area contributed by atoms with Gasteiger partial charge in [0.1, 0.15) is 18.4 Å². The van der Waals surface area contributed by atoms with Crippen molar-refractivity contribution in [1.29, 1.82) is 5.26 Å². The second-order valence-corrected chi connectivity index (χ2v) is 4.90. The summed E-state index contributed by atoms with van der Waals surface area (Å²) in [5, 5.41) is 8.77. The van der Waals surface area contributed by atoms with Crippen molar-refractivity contribution in [3.63, 3.8) is 0 Å². The molecule has 0 aliphatic carbocycles. The number of hydrogen-bond donors (Lipinski definition) is 1. The number of benzene rings is 1. The molecular weight excluding hydrogens is 268 g/mol. The second-order valence-electron chi connectivity index (χ2n) is 4.05. The van der Waals surface area contributed by atoms with Gasteiger partial charge in [-0.3, -0.25) is 0 Å². The van der Waals surface area contributed by atoms with Crippen LogP contribution in [0.5, 0.6) is 5.75 Å². The highest BCUT2D eigenvalue weighted by molar-refractivity contribution is 9.10. The quantitative estimate of drug-likeness (QED) is 0.924. The Morgan fingerprint density at radius 3 is 2.75 bits per heavy atom. The van der Waals surface area contributed by atoms with Crippen LogP contribution < -0.4 is 10.5 Å². The Morgan fingerprint density at radius 2 is 2.25 bits per heavy atom. The summed E-state index contributed by atoms with van der Waals surface area (Å²) in [6.45, 7) is 4.44. The lowest BCUT2D eigenvalue weighted by atomic mass is 10.0. The fourth-order valence-electron chi connectivity index (χ4n) is 1.03. The molecule has 0 saturated heterocycles. The highest BCUT2D eigenvalue weighted by Gasteiger charge is 2.16. The van der Waals surface area contributed by atoms with Gasteiger partial charge in [0.25, 0.3) is 0 Å². The van der Waals surface area contributed by atoms with Crippen LogP contribution in [0, 0.1) is 11.3 Å². The normalized spacial score (nSPS) is 13.9. The zero-order valence-corrected chi connectivity index (χ0v) is 11.0. The number of ether oxygens (including phenoxy) is 1. The highest BCUT2D eigenvalue weighted by atomic mass is 79.9. The topological polar surface area (TPSA) is 59.0 Å². The van der Waals surface area contributed by atoms with E-state index in [1.807, 2.05) is 13.8 Å². The first-order valence-corrected chi connectivity index (χ1v) is 5.89. The number of halogens is 1. The summed E-state index contributed by atoms with van der Waals surface area (Å²) in [6.07, 6.45) is 0.852. The van der Waals surface area contributed by atoms with Gasteiger partial charge in [-0.1, -0.05) is 6.92 Å². The SMILES string of the molecule is CCC(C)(N)COc1ccc(C#N)c(Br)c1. The van der Waals surface area contributed by atoms with Crippen LogP contribution in [0.4, 0.5) is 0 Å². The molecule has 0 heterocycles. The molecule has 0 spiro atoms. The third kappa shape index (κ3) is 3.51. The predicted molar refractivity (Wildman–Crippen MR) is 67.2 cm³/mol.